The number of rotatable bonds is 4. The Morgan fingerprint density at radius 3 is 2.31 bits per heavy atom. The smallest absolute Gasteiger partial charge is 0.222 e. The first-order chi connectivity index (χ1) is 7.70. The summed E-state index contributed by atoms with van der Waals surface area (Å²) < 4.78 is 0. The van der Waals surface area contributed by atoms with Crippen molar-refractivity contribution in [1.82, 2.24) is 4.90 Å². The van der Waals surface area contributed by atoms with Crippen molar-refractivity contribution in [3.05, 3.63) is 0 Å². The zero-order valence-electron chi connectivity index (χ0n) is 10.6. The molecular formula is C13H26N2O. The van der Waals surface area contributed by atoms with Gasteiger partial charge >= 0.3 is 0 Å². The summed E-state index contributed by atoms with van der Waals surface area (Å²) in [5, 5.41) is 0. The van der Waals surface area contributed by atoms with Crippen molar-refractivity contribution in [1.29, 1.82) is 0 Å². The van der Waals surface area contributed by atoms with E-state index in [9.17, 15) is 4.79 Å². The Kier molecular flexibility index (Phi) is 6.46. The van der Waals surface area contributed by atoms with Crippen LogP contribution in [-0.4, -0.2) is 29.9 Å². The van der Waals surface area contributed by atoms with Crippen molar-refractivity contribution < 1.29 is 4.79 Å². The second-order valence-electron chi connectivity index (χ2n) is 5.02. The predicted octanol–water partition coefficient (Wildman–Crippen LogP) is 2.30. The number of carbonyl (C=O) groups excluding carboxylic acids is 1. The van der Waals surface area contributed by atoms with Crippen LogP contribution in [0.4, 0.5) is 0 Å². The number of hydrogen-bond donors (Lipinski definition) is 1. The largest absolute Gasteiger partial charge is 0.343 e. The minimum Gasteiger partial charge on any atom is -0.343 e. The van der Waals surface area contributed by atoms with E-state index in [0.29, 0.717) is 12.3 Å². The van der Waals surface area contributed by atoms with Crippen LogP contribution in [0.1, 0.15) is 58.3 Å². The van der Waals surface area contributed by atoms with Gasteiger partial charge in [0, 0.05) is 25.6 Å². The summed E-state index contributed by atoms with van der Waals surface area (Å²) in [6, 6.07) is 0.222. The highest BCUT2D eigenvalue weighted by molar-refractivity contribution is 5.76. The van der Waals surface area contributed by atoms with E-state index in [1.807, 2.05) is 6.92 Å². The summed E-state index contributed by atoms with van der Waals surface area (Å²) in [6.45, 7) is 3.94. The van der Waals surface area contributed by atoms with E-state index < -0.39 is 0 Å². The Hall–Kier alpha value is -0.570. The zero-order chi connectivity index (χ0) is 11.8. The first-order valence-corrected chi connectivity index (χ1v) is 6.73. The SMILES string of the molecule is CC(N)CCCC(=O)N1CCCCCCC1. The number of hydrogen-bond acceptors (Lipinski definition) is 2. The minimum absolute atomic E-state index is 0.222. The van der Waals surface area contributed by atoms with Crippen LogP contribution in [0.3, 0.4) is 0 Å². The van der Waals surface area contributed by atoms with Gasteiger partial charge in [-0.05, 0) is 32.6 Å². The van der Waals surface area contributed by atoms with Gasteiger partial charge in [0.1, 0.15) is 0 Å². The van der Waals surface area contributed by atoms with Gasteiger partial charge in [-0.15, -0.1) is 0 Å². The first kappa shape index (κ1) is 13.5. The normalized spacial score (nSPS) is 20.0. The monoisotopic (exact) mass is 226 g/mol. The maximum Gasteiger partial charge on any atom is 0.222 e. The summed E-state index contributed by atoms with van der Waals surface area (Å²) in [6.07, 6.45) is 8.84. The molecule has 0 saturated carbocycles. The van der Waals surface area contributed by atoms with E-state index in [0.717, 1.165) is 25.9 Å². The zero-order valence-corrected chi connectivity index (χ0v) is 10.6. The van der Waals surface area contributed by atoms with Crippen molar-refractivity contribution in [3.8, 4) is 0 Å². The molecule has 0 aromatic carbocycles. The number of amides is 1. The molecule has 1 atom stereocenters. The summed E-state index contributed by atoms with van der Waals surface area (Å²) >= 11 is 0. The molecule has 1 saturated heterocycles. The molecule has 3 heteroatoms. The lowest BCUT2D eigenvalue weighted by atomic mass is 10.1. The van der Waals surface area contributed by atoms with Gasteiger partial charge < -0.3 is 10.6 Å². The standard InChI is InChI=1S/C13H26N2O/c1-12(14)8-7-9-13(16)15-10-5-3-2-4-6-11-15/h12H,2-11,14H2,1H3. The van der Waals surface area contributed by atoms with Gasteiger partial charge in [0.15, 0.2) is 0 Å². The average Bonchev–Trinajstić information content (AvgIpc) is 2.15. The highest BCUT2D eigenvalue weighted by Crippen LogP contribution is 2.12. The number of nitrogens with two attached hydrogens (primary N) is 1. The molecular weight excluding hydrogens is 200 g/mol. The lowest BCUT2D eigenvalue weighted by Gasteiger charge is -2.25. The molecule has 1 amide bonds. The van der Waals surface area contributed by atoms with Gasteiger partial charge in [0.05, 0.1) is 0 Å². The number of nitrogens with zero attached hydrogens (tertiary/aromatic N) is 1. The van der Waals surface area contributed by atoms with E-state index in [1.54, 1.807) is 0 Å². The van der Waals surface area contributed by atoms with Gasteiger partial charge in [-0.3, -0.25) is 4.79 Å². The fourth-order valence-corrected chi connectivity index (χ4v) is 2.23. The minimum atomic E-state index is 0.222. The predicted molar refractivity (Wildman–Crippen MR) is 67.2 cm³/mol. The summed E-state index contributed by atoms with van der Waals surface area (Å²) in [5.74, 6) is 0.336. The van der Waals surface area contributed by atoms with Gasteiger partial charge in [-0.25, -0.2) is 0 Å². The van der Waals surface area contributed by atoms with Crippen LogP contribution in [0.2, 0.25) is 0 Å². The van der Waals surface area contributed by atoms with Crippen LogP contribution >= 0.6 is 0 Å². The van der Waals surface area contributed by atoms with Crippen molar-refractivity contribution >= 4 is 5.91 Å². The Labute approximate surface area is 99.4 Å². The third-order valence-electron chi connectivity index (χ3n) is 3.26. The highest BCUT2D eigenvalue weighted by atomic mass is 16.2. The average molecular weight is 226 g/mol. The fourth-order valence-electron chi connectivity index (χ4n) is 2.23. The molecule has 2 N–H and O–H groups in total. The van der Waals surface area contributed by atoms with Crippen LogP contribution in [0.5, 0.6) is 0 Å². The Bertz CT molecular complexity index is 196. The molecule has 1 unspecified atom stereocenters. The van der Waals surface area contributed by atoms with E-state index >= 15 is 0 Å². The molecule has 1 heterocycles. The first-order valence-electron chi connectivity index (χ1n) is 6.73. The Balaban J connectivity index is 2.22. The van der Waals surface area contributed by atoms with Gasteiger partial charge in [-0.2, -0.15) is 0 Å². The molecule has 0 aliphatic carbocycles. The van der Waals surface area contributed by atoms with Crippen molar-refractivity contribution in [2.45, 2.75) is 64.3 Å². The highest BCUT2D eigenvalue weighted by Gasteiger charge is 2.14. The van der Waals surface area contributed by atoms with Crippen LogP contribution in [0, 0.1) is 0 Å². The van der Waals surface area contributed by atoms with E-state index in [2.05, 4.69) is 4.90 Å². The molecule has 0 aromatic heterocycles. The molecule has 0 spiro atoms. The van der Waals surface area contributed by atoms with E-state index in [1.165, 1.54) is 32.1 Å². The van der Waals surface area contributed by atoms with Crippen LogP contribution in [0.15, 0.2) is 0 Å². The molecule has 1 aliphatic heterocycles. The van der Waals surface area contributed by atoms with Crippen molar-refractivity contribution in [3.63, 3.8) is 0 Å². The molecule has 1 aliphatic rings. The van der Waals surface area contributed by atoms with Crippen LogP contribution in [-0.2, 0) is 4.79 Å². The maximum absolute atomic E-state index is 11.9. The molecule has 1 rings (SSSR count). The molecule has 0 bridgehead atoms. The van der Waals surface area contributed by atoms with Crippen LogP contribution < -0.4 is 5.73 Å². The number of likely N-dealkylation sites (tertiary alicyclic amines) is 1. The molecule has 0 radical (unpaired) electrons. The molecule has 0 aromatic rings. The van der Waals surface area contributed by atoms with Gasteiger partial charge in [-0.1, -0.05) is 19.3 Å². The van der Waals surface area contributed by atoms with Gasteiger partial charge in [0.2, 0.25) is 5.91 Å². The Morgan fingerprint density at radius 1 is 1.19 bits per heavy atom. The third-order valence-corrected chi connectivity index (χ3v) is 3.26. The van der Waals surface area contributed by atoms with Crippen molar-refractivity contribution in [2.75, 3.05) is 13.1 Å². The second kappa shape index (κ2) is 7.66. The fraction of sp³-hybridized carbons (Fsp3) is 0.923. The lowest BCUT2D eigenvalue weighted by Crippen LogP contribution is -2.33. The summed E-state index contributed by atoms with van der Waals surface area (Å²) in [5.41, 5.74) is 5.68. The Morgan fingerprint density at radius 2 is 1.75 bits per heavy atom. The second-order valence-corrected chi connectivity index (χ2v) is 5.02. The molecule has 3 nitrogen and oxygen atoms in total. The van der Waals surface area contributed by atoms with E-state index in [4.69, 9.17) is 5.73 Å². The van der Waals surface area contributed by atoms with Crippen LogP contribution in [0.25, 0.3) is 0 Å². The number of carbonyl (C=O) groups is 1. The van der Waals surface area contributed by atoms with E-state index in [-0.39, 0.29) is 6.04 Å². The summed E-state index contributed by atoms with van der Waals surface area (Å²) in [4.78, 5) is 14.0. The molecule has 16 heavy (non-hydrogen) atoms. The van der Waals surface area contributed by atoms with Gasteiger partial charge in [0.25, 0.3) is 0 Å². The van der Waals surface area contributed by atoms with Crippen molar-refractivity contribution in [2.24, 2.45) is 5.73 Å². The quantitative estimate of drug-likeness (QED) is 0.799. The lowest BCUT2D eigenvalue weighted by molar-refractivity contribution is -0.131. The molecule has 1 fully saturated rings. The summed E-state index contributed by atoms with van der Waals surface area (Å²) in [7, 11) is 0. The third kappa shape index (κ3) is 5.50. The maximum atomic E-state index is 11.9. The molecule has 94 valence electrons. The topological polar surface area (TPSA) is 46.3 Å².